The van der Waals surface area contributed by atoms with E-state index in [2.05, 4.69) is 39.7 Å². The summed E-state index contributed by atoms with van der Waals surface area (Å²) in [6, 6.07) is 36.9. The van der Waals surface area contributed by atoms with E-state index >= 15 is 0 Å². The molecule has 0 fully saturated rings. The van der Waals surface area contributed by atoms with Crippen molar-refractivity contribution in [3.63, 3.8) is 0 Å². The van der Waals surface area contributed by atoms with Crippen molar-refractivity contribution >= 4 is 23.2 Å². The Kier molecular flexibility index (Phi) is 7.86. The van der Waals surface area contributed by atoms with Crippen molar-refractivity contribution in [2.24, 2.45) is 5.10 Å². The van der Waals surface area contributed by atoms with Crippen molar-refractivity contribution in [1.82, 2.24) is 10.3 Å². The molecule has 4 aromatic rings. The van der Waals surface area contributed by atoms with Gasteiger partial charge in [-0.15, -0.1) is 0 Å². The molecule has 0 bridgehead atoms. The lowest BCUT2D eigenvalue weighted by Crippen LogP contribution is -2.41. The van der Waals surface area contributed by atoms with Crippen LogP contribution in [0.4, 0.5) is 5.69 Å². The van der Waals surface area contributed by atoms with Gasteiger partial charge >= 0.3 is 0 Å². The summed E-state index contributed by atoms with van der Waals surface area (Å²) in [6.07, 6.45) is 0. The molecule has 1 aliphatic rings. The number of carbonyl (C=O) groups is 2. The van der Waals surface area contributed by atoms with Crippen LogP contribution in [0.2, 0.25) is 0 Å². The van der Waals surface area contributed by atoms with Crippen LogP contribution in [0.25, 0.3) is 0 Å². The van der Waals surface area contributed by atoms with Gasteiger partial charge < -0.3 is 4.74 Å². The Hall–Kier alpha value is -4.75. The van der Waals surface area contributed by atoms with Crippen LogP contribution in [-0.2, 0) is 22.7 Å². The predicted molar refractivity (Wildman–Crippen MR) is 148 cm³/mol. The molecule has 0 radical (unpaired) electrons. The molecule has 7 nitrogen and oxygen atoms in total. The molecule has 190 valence electrons. The first-order chi connectivity index (χ1) is 18.7. The van der Waals surface area contributed by atoms with Gasteiger partial charge in [0.05, 0.1) is 12.4 Å². The maximum atomic E-state index is 13.6. The molecule has 0 saturated heterocycles. The number of ether oxygens (including phenoxy) is 1. The van der Waals surface area contributed by atoms with E-state index in [1.54, 1.807) is 17.0 Å². The summed E-state index contributed by atoms with van der Waals surface area (Å²) in [6.45, 7) is 1.50. The maximum Gasteiger partial charge on any atom is 0.280 e. The molecule has 0 spiro atoms. The zero-order chi connectivity index (χ0) is 26.2. The zero-order valence-corrected chi connectivity index (χ0v) is 20.9. The third kappa shape index (κ3) is 6.14. The maximum absolute atomic E-state index is 13.6. The van der Waals surface area contributed by atoms with E-state index in [9.17, 15) is 9.59 Å². The zero-order valence-electron chi connectivity index (χ0n) is 20.9. The van der Waals surface area contributed by atoms with Gasteiger partial charge in [0.15, 0.2) is 12.3 Å². The number of amides is 2. The number of anilines is 1. The number of nitrogens with zero attached hydrogens (tertiary/aromatic N) is 3. The number of nitrogens with one attached hydrogen (secondary N) is 1. The van der Waals surface area contributed by atoms with Crippen LogP contribution in [0, 0.1) is 0 Å². The molecule has 38 heavy (non-hydrogen) atoms. The van der Waals surface area contributed by atoms with E-state index < -0.39 is 5.91 Å². The summed E-state index contributed by atoms with van der Waals surface area (Å²) < 4.78 is 5.48. The highest BCUT2D eigenvalue weighted by Crippen LogP contribution is 2.29. The first-order valence-corrected chi connectivity index (χ1v) is 12.4. The molecule has 0 aliphatic carbocycles. The number of rotatable bonds is 10. The fourth-order valence-corrected chi connectivity index (χ4v) is 4.37. The number of hydrogen-bond donors (Lipinski definition) is 1. The van der Waals surface area contributed by atoms with Crippen molar-refractivity contribution in [2.45, 2.75) is 13.1 Å². The third-order valence-electron chi connectivity index (χ3n) is 6.14. The van der Waals surface area contributed by atoms with Gasteiger partial charge in [-0.2, -0.15) is 5.10 Å². The SMILES string of the molecule is O=C(COc1ccccc1)N/N=C1\C(=O)N(CN(Cc2ccccc2)Cc2ccccc2)c2ccccc21. The Balaban J connectivity index is 1.33. The second-order valence-electron chi connectivity index (χ2n) is 8.95. The molecule has 1 heterocycles. The molecule has 4 aromatic carbocycles. The smallest absolute Gasteiger partial charge is 0.280 e. The molecule has 0 saturated carbocycles. The Bertz CT molecular complexity index is 1370. The highest BCUT2D eigenvalue weighted by Gasteiger charge is 2.35. The monoisotopic (exact) mass is 504 g/mol. The van der Waals surface area contributed by atoms with E-state index in [0.29, 0.717) is 31.1 Å². The van der Waals surface area contributed by atoms with Gasteiger partial charge in [0.25, 0.3) is 11.8 Å². The van der Waals surface area contributed by atoms with Crippen molar-refractivity contribution in [3.8, 4) is 5.75 Å². The largest absolute Gasteiger partial charge is 0.484 e. The molecule has 5 rings (SSSR count). The quantitative estimate of drug-likeness (QED) is 0.321. The Labute approximate surface area is 222 Å². The summed E-state index contributed by atoms with van der Waals surface area (Å²) >= 11 is 0. The van der Waals surface area contributed by atoms with Gasteiger partial charge in [-0.1, -0.05) is 97.1 Å². The molecule has 7 heteroatoms. The van der Waals surface area contributed by atoms with Gasteiger partial charge in [-0.3, -0.25) is 19.4 Å². The number of hydrogen-bond acceptors (Lipinski definition) is 5. The lowest BCUT2D eigenvalue weighted by molar-refractivity contribution is -0.123. The van der Waals surface area contributed by atoms with Gasteiger partial charge in [-0.25, -0.2) is 5.43 Å². The number of hydrazone groups is 1. The van der Waals surface area contributed by atoms with Crippen LogP contribution in [0.15, 0.2) is 120 Å². The fraction of sp³-hybridized carbons (Fsp3) is 0.129. The standard InChI is InChI=1S/C31H28N4O3/c36-29(22-38-26-16-8-3-9-17-26)32-33-30-27-18-10-11-19-28(27)35(31(30)37)23-34(20-24-12-4-1-5-13-24)21-25-14-6-2-7-15-25/h1-19H,20-23H2,(H,32,36)/b33-30-. The average molecular weight is 505 g/mol. The summed E-state index contributed by atoms with van der Waals surface area (Å²) in [5.41, 5.74) is 6.44. The first-order valence-electron chi connectivity index (χ1n) is 12.4. The lowest BCUT2D eigenvalue weighted by atomic mass is 10.1. The number of carbonyl (C=O) groups excluding carboxylic acids is 2. The van der Waals surface area contributed by atoms with Crippen molar-refractivity contribution in [2.75, 3.05) is 18.2 Å². The van der Waals surface area contributed by atoms with Crippen molar-refractivity contribution in [1.29, 1.82) is 0 Å². The minimum absolute atomic E-state index is 0.202. The number of fused-ring (bicyclic) bond motifs is 1. The Morgan fingerprint density at radius 3 is 1.95 bits per heavy atom. The molecular weight excluding hydrogens is 476 g/mol. The van der Waals surface area contributed by atoms with Crippen LogP contribution in [-0.4, -0.2) is 35.7 Å². The summed E-state index contributed by atoms with van der Waals surface area (Å²) in [5, 5.41) is 4.21. The van der Waals surface area contributed by atoms with Crippen LogP contribution >= 0.6 is 0 Å². The average Bonchev–Trinajstić information content (AvgIpc) is 3.22. The lowest BCUT2D eigenvalue weighted by Gasteiger charge is -2.28. The third-order valence-corrected chi connectivity index (χ3v) is 6.14. The number of para-hydroxylation sites is 2. The molecule has 2 amide bonds. The topological polar surface area (TPSA) is 74.2 Å². The molecule has 1 N–H and O–H groups in total. The molecule has 0 atom stereocenters. The minimum Gasteiger partial charge on any atom is -0.484 e. The van der Waals surface area contributed by atoms with Gasteiger partial charge in [0.1, 0.15) is 5.75 Å². The van der Waals surface area contributed by atoms with Gasteiger partial charge in [0.2, 0.25) is 0 Å². The molecule has 0 unspecified atom stereocenters. The fourth-order valence-electron chi connectivity index (χ4n) is 4.37. The first kappa shape index (κ1) is 24.9. The Morgan fingerprint density at radius 1 is 0.763 bits per heavy atom. The predicted octanol–water partition coefficient (Wildman–Crippen LogP) is 4.59. The van der Waals surface area contributed by atoms with Crippen molar-refractivity contribution < 1.29 is 14.3 Å². The highest BCUT2D eigenvalue weighted by molar-refractivity contribution is 6.54. The van der Waals surface area contributed by atoms with Gasteiger partial charge in [0, 0.05) is 18.7 Å². The van der Waals surface area contributed by atoms with Crippen LogP contribution in [0.5, 0.6) is 5.75 Å². The van der Waals surface area contributed by atoms with E-state index in [4.69, 9.17) is 4.74 Å². The van der Waals surface area contributed by atoms with Crippen molar-refractivity contribution in [3.05, 3.63) is 132 Å². The second kappa shape index (κ2) is 12.0. The summed E-state index contributed by atoms with van der Waals surface area (Å²) in [5.74, 6) is -0.123. The highest BCUT2D eigenvalue weighted by atomic mass is 16.5. The normalized spacial score (nSPS) is 13.6. The minimum atomic E-state index is -0.445. The summed E-state index contributed by atoms with van der Waals surface area (Å²) in [4.78, 5) is 29.9. The van der Waals surface area contributed by atoms with E-state index in [-0.39, 0.29) is 18.2 Å². The summed E-state index contributed by atoms with van der Waals surface area (Å²) in [7, 11) is 0. The molecule has 0 aromatic heterocycles. The van der Waals surface area contributed by atoms with E-state index in [1.807, 2.05) is 78.9 Å². The van der Waals surface area contributed by atoms with E-state index in [1.165, 1.54) is 0 Å². The van der Waals surface area contributed by atoms with Crippen LogP contribution in [0.3, 0.4) is 0 Å². The van der Waals surface area contributed by atoms with Gasteiger partial charge in [-0.05, 0) is 29.3 Å². The molecular formula is C31H28N4O3. The number of benzene rings is 4. The van der Waals surface area contributed by atoms with Crippen LogP contribution in [0.1, 0.15) is 16.7 Å². The molecule has 1 aliphatic heterocycles. The second-order valence-corrected chi connectivity index (χ2v) is 8.95. The Morgan fingerprint density at radius 2 is 1.32 bits per heavy atom. The van der Waals surface area contributed by atoms with Crippen LogP contribution < -0.4 is 15.1 Å². The van der Waals surface area contributed by atoms with E-state index in [0.717, 1.165) is 16.8 Å².